The van der Waals surface area contributed by atoms with Gasteiger partial charge in [0.25, 0.3) is 0 Å². The number of halogens is 6. The van der Waals surface area contributed by atoms with Gasteiger partial charge in [-0.3, -0.25) is 0 Å². The average Bonchev–Trinajstić information content (AvgIpc) is 2.81. The number of hydrazone groups is 1. The van der Waals surface area contributed by atoms with Crippen molar-refractivity contribution in [3.63, 3.8) is 0 Å². The van der Waals surface area contributed by atoms with Crippen LogP contribution in [0, 0.1) is 0 Å². The number of rotatable bonds is 7. The third-order valence-corrected chi connectivity index (χ3v) is 5.15. The first-order chi connectivity index (χ1) is 17.2. The van der Waals surface area contributed by atoms with Crippen LogP contribution >= 0.6 is 34.8 Å². The standard InChI is InChI=1S/C22H13Cl3F3N7O/c23-15-2-1-3-16(24)18(15)19-32-20(31-13-6-9-17(25)29-11-13)34-21(33-19)35-30-10-12-4-7-14(8-5-12)36-22(26,27)28/h1-11H,(H2,31,32,33,34,35)/b30-10+. The number of pyridine rings is 1. The Balaban J connectivity index is 1.60. The molecule has 2 heterocycles. The summed E-state index contributed by atoms with van der Waals surface area (Å²) >= 11 is 18.5. The summed E-state index contributed by atoms with van der Waals surface area (Å²) in [6.07, 6.45) is -1.92. The minimum Gasteiger partial charge on any atom is -0.406 e. The van der Waals surface area contributed by atoms with E-state index in [-0.39, 0.29) is 23.5 Å². The highest BCUT2D eigenvalue weighted by molar-refractivity contribution is 6.39. The zero-order chi connectivity index (χ0) is 25.7. The number of hydrogen-bond donors (Lipinski definition) is 2. The second-order valence-corrected chi connectivity index (χ2v) is 8.09. The van der Waals surface area contributed by atoms with Gasteiger partial charge in [-0.15, -0.1) is 13.2 Å². The molecule has 0 unspecified atom stereocenters. The molecule has 2 aromatic carbocycles. The summed E-state index contributed by atoms with van der Waals surface area (Å²) in [7, 11) is 0. The van der Waals surface area contributed by atoms with E-state index in [0.29, 0.717) is 32.0 Å². The highest BCUT2D eigenvalue weighted by Gasteiger charge is 2.30. The van der Waals surface area contributed by atoms with Crippen molar-refractivity contribution in [2.24, 2.45) is 5.10 Å². The first kappa shape index (κ1) is 25.4. The van der Waals surface area contributed by atoms with E-state index in [9.17, 15) is 13.2 Å². The van der Waals surface area contributed by atoms with E-state index < -0.39 is 6.36 Å². The number of anilines is 3. The van der Waals surface area contributed by atoms with Crippen LogP contribution in [0.1, 0.15) is 5.56 Å². The van der Waals surface area contributed by atoms with Gasteiger partial charge in [-0.25, -0.2) is 10.4 Å². The number of alkyl halides is 3. The fourth-order valence-electron chi connectivity index (χ4n) is 2.80. The summed E-state index contributed by atoms with van der Waals surface area (Å²) in [4.78, 5) is 17.0. The Morgan fingerprint density at radius 1 is 0.861 bits per heavy atom. The molecule has 8 nitrogen and oxygen atoms in total. The van der Waals surface area contributed by atoms with E-state index in [0.717, 1.165) is 12.1 Å². The molecule has 14 heteroatoms. The second kappa shape index (κ2) is 10.9. The molecule has 0 aliphatic carbocycles. The summed E-state index contributed by atoms with van der Waals surface area (Å²) in [6.45, 7) is 0. The molecule has 2 N–H and O–H groups in total. The summed E-state index contributed by atoms with van der Waals surface area (Å²) in [5, 5.41) is 7.99. The topological polar surface area (TPSA) is 97.2 Å². The predicted octanol–water partition coefficient (Wildman–Crippen LogP) is 6.98. The molecule has 0 saturated heterocycles. The van der Waals surface area contributed by atoms with Gasteiger partial charge in [-0.2, -0.15) is 20.1 Å². The number of aromatic nitrogens is 4. The van der Waals surface area contributed by atoms with E-state index in [1.165, 1.54) is 24.5 Å². The van der Waals surface area contributed by atoms with Gasteiger partial charge in [0.05, 0.1) is 33.7 Å². The van der Waals surface area contributed by atoms with E-state index in [1.807, 2.05) is 0 Å². The zero-order valence-electron chi connectivity index (χ0n) is 17.8. The third kappa shape index (κ3) is 6.94. The van der Waals surface area contributed by atoms with Crippen LogP contribution in [0.15, 0.2) is 65.9 Å². The van der Waals surface area contributed by atoms with Crippen LogP contribution in [-0.2, 0) is 0 Å². The zero-order valence-corrected chi connectivity index (χ0v) is 20.0. The van der Waals surface area contributed by atoms with Crippen LogP contribution in [0.3, 0.4) is 0 Å². The summed E-state index contributed by atoms with van der Waals surface area (Å²) in [5.74, 6) is -0.0183. The van der Waals surface area contributed by atoms with Gasteiger partial charge in [0.1, 0.15) is 10.9 Å². The van der Waals surface area contributed by atoms with Crippen molar-refractivity contribution in [1.82, 2.24) is 19.9 Å². The van der Waals surface area contributed by atoms with Crippen LogP contribution < -0.4 is 15.5 Å². The van der Waals surface area contributed by atoms with E-state index in [2.05, 4.69) is 40.5 Å². The largest absolute Gasteiger partial charge is 0.573 e. The van der Waals surface area contributed by atoms with Gasteiger partial charge >= 0.3 is 6.36 Å². The Morgan fingerprint density at radius 3 is 2.19 bits per heavy atom. The number of hydrogen-bond acceptors (Lipinski definition) is 8. The van der Waals surface area contributed by atoms with Crippen molar-refractivity contribution in [2.75, 3.05) is 10.7 Å². The van der Waals surface area contributed by atoms with Crippen molar-refractivity contribution in [3.8, 4) is 17.1 Å². The molecule has 0 fully saturated rings. The quantitative estimate of drug-likeness (QED) is 0.144. The molecular formula is C22H13Cl3F3N7O. The maximum atomic E-state index is 12.3. The van der Waals surface area contributed by atoms with Crippen molar-refractivity contribution < 1.29 is 17.9 Å². The van der Waals surface area contributed by atoms with E-state index >= 15 is 0 Å². The molecule has 2 aromatic heterocycles. The van der Waals surface area contributed by atoms with Crippen LogP contribution in [-0.4, -0.2) is 32.5 Å². The van der Waals surface area contributed by atoms with E-state index in [4.69, 9.17) is 34.8 Å². The van der Waals surface area contributed by atoms with Gasteiger partial charge in [0.2, 0.25) is 11.9 Å². The average molecular weight is 555 g/mol. The first-order valence-electron chi connectivity index (χ1n) is 9.90. The Kier molecular flexibility index (Phi) is 7.73. The molecular weight excluding hydrogens is 542 g/mol. The number of nitrogens with one attached hydrogen (secondary N) is 2. The van der Waals surface area contributed by atoms with Crippen LogP contribution in [0.25, 0.3) is 11.4 Å². The lowest BCUT2D eigenvalue weighted by Gasteiger charge is -2.10. The number of nitrogens with zero attached hydrogens (tertiary/aromatic N) is 5. The lowest BCUT2D eigenvalue weighted by molar-refractivity contribution is -0.274. The first-order valence-corrected chi connectivity index (χ1v) is 11.0. The fraction of sp³-hybridized carbons (Fsp3) is 0.0455. The maximum Gasteiger partial charge on any atom is 0.573 e. The number of benzene rings is 2. The third-order valence-electron chi connectivity index (χ3n) is 4.30. The van der Waals surface area contributed by atoms with Crippen molar-refractivity contribution >= 4 is 58.6 Å². The molecule has 0 bridgehead atoms. The summed E-state index contributed by atoms with van der Waals surface area (Å²) in [6, 6.07) is 13.4. The van der Waals surface area contributed by atoms with Crippen LogP contribution in [0.5, 0.6) is 5.75 Å². The minimum atomic E-state index is -4.77. The lowest BCUT2D eigenvalue weighted by atomic mass is 10.2. The molecule has 0 spiro atoms. The molecule has 0 saturated carbocycles. The van der Waals surface area contributed by atoms with Gasteiger partial charge < -0.3 is 10.1 Å². The summed E-state index contributed by atoms with van der Waals surface area (Å²) in [5.41, 5.74) is 4.09. The monoisotopic (exact) mass is 553 g/mol. The molecule has 0 atom stereocenters. The van der Waals surface area contributed by atoms with Crippen molar-refractivity contribution in [3.05, 3.63) is 81.6 Å². The van der Waals surface area contributed by atoms with Crippen LogP contribution in [0.2, 0.25) is 15.2 Å². The fourth-order valence-corrected chi connectivity index (χ4v) is 3.48. The van der Waals surface area contributed by atoms with Gasteiger partial charge in [-0.1, -0.05) is 40.9 Å². The number of ether oxygens (including phenoxy) is 1. The van der Waals surface area contributed by atoms with E-state index in [1.54, 1.807) is 30.3 Å². The smallest absolute Gasteiger partial charge is 0.406 e. The highest BCUT2D eigenvalue weighted by Crippen LogP contribution is 2.33. The van der Waals surface area contributed by atoms with Gasteiger partial charge in [0.15, 0.2) is 5.82 Å². The Morgan fingerprint density at radius 2 is 1.56 bits per heavy atom. The molecule has 184 valence electrons. The molecule has 0 radical (unpaired) electrons. The van der Waals surface area contributed by atoms with Gasteiger partial charge in [-0.05, 0) is 54.1 Å². The lowest BCUT2D eigenvalue weighted by Crippen LogP contribution is -2.17. The SMILES string of the molecule is FC(F)(F)Oc1ccc(/C=N/Nc2nc(Nc3ccc(Cl)nc3)nc(-c3c(Cl)cccc3Cl)n2)cc1. The molecule has 36 heavy (non-hydrogen) atoms. The minimum absolute atomic E-state index is 0.0358. The Bertz CT molecular complexity index is 1370. The van der Waals surface area contributed by atoms with Gasteiger partial charge in [0, 0.05) is 0 Å². The Labute approximate surface area is 217 Å². The van der Waals surface area contributed by atoms with Crippen molar-refractivity contribution in [2.45, 2.75) is 6.36 Å². The Hall–Kier alpha value is -3.67. The molecule has 0 aliphatic heterocycles. The normalized spacial score (nSPS) is 11.5. The molecule has 4 aromatic rings. The predicted molar refractivity (Wildman–Crippen MR) is 132 cm³/mol. The molecule has 4 rings (SSSR count). The molecule has 0 amide bonds. The molecule has 0 aliphatic rings. The highest BCUT2D eigenvalue weighted by atomic mass is 35.5. The van der Waals surface area contributed by atoms with Crippen LogP contribution in [0.4, 0.5) is 30.8 Å². The second-order valence-electron chi connectivity index (χ2n) is 6.88. The summed E-state index contributed by atoms with van der Waals surface area (Å²) < 4.78 is 40.8. The maximum absolute atomic E-state index is 12.3. The van der Waals surface area contributed by atoms with Crippen molar-refractivity contribution in [1.29, 1.82) is 0 Å².